The Morgan fingerprint density at radius 3 is 2.79 bits per heavy atom. The third-order valence-electron chi connectivity index (χ3n) is 4.83. The lowest BCUT2D eigenvalue weighted by Gasteiger charge is -2.33. The maximum Gasteiger partial charge on any atom is 0.319 e. The zero-order valence-corrected chi connectivity index (χ0v) is 16.4. The number of ether oxygens (including phenoxy) is 3. The molecule has 3 atom stereocenters. The number of morpholine rings is 1. The molecule has 0 bridgehead atoms. The van der Waals surface area contributed by atoms with Gasteiger partial charge in [-0.15, -0.1) is 0 Å². The summed E-state index contributed by atoms with van der Waals surface area (Å²) in [6.07, 6.45) is 2.62. The Balaban J connectivity index is 1.53. The minimum atomic E-state index is -0.640. The van der Waals surface area contributed by atoms with Crippen molar-refractivity contribution in [2.75, 3.05) is 45.3 Å². The summed E-state index contributed by atoms with van der Waals surface area (Å²) in [6, 6.07) is 6.04. The Morgan fingerprint density at radius 2 is 2.07 bits per heavy atom. The molecule has 9 heteroatoms. The van der Waals surface area contributed by atoms with E-state index in [0.29, 0.717) is 37.7 Å². The van der Waals surface area contributed by atoms with Crippen molar-refractivity contribution in [3.63, 3.8) is 0 Å². The molecule has 3 rings (SSSR count). The van der Waals surface area contributed by atoms with Crippen molar-refractivity contribution >= 4 is 17.6 Å². The van der Waals surface area contributed by atoms with E-state index >= 15 is 0 Å². The van der Waals surface area contributed by atoms with Crippen LogP contribution < -0.4 is 15.4 Å². The number of methoxy groups -OCH3 is 1. The minimum Gasteiger partial charge on any atom is -0.497 e. The highest BCUT2D eigenvalue weighted by Crippen LogP contribution is 2.19. The fourth-order valence-electron chi connectivity index (χ4n) is 3.27. The Hall–Kier alpha value is -2.62. The van der Waals surface area contributed by atoms with Gasteiger partial charge in [-0.2, -0.15) is 0 Å². The molecule has 1 saturated heterocycles. The molecular weight excluding hydrogens is 378 g/mol. The Labute approximate surface area is 169 Å². The zero-order valence-electron chi connectivity index (χ0n) is 16.4. The van der Waals surface area contributed by atoms with E-state index in [1.165, 1.54) is 0 Å². The van der Waals surface area contributed by atoms with E-state index in [2.05, 4.69) is 10.6 Å². The summed E-state index contributed by atoms with van der Waals surface area (Å²) >= 11 is 0. The predicted molar refractivity (Wildman–Crippen MR) is 106 cm³/mol. The number of benzene rings is 1. The number of carbonyl (C=O) groups is 2. The molecule has 29 heavy (non-hydrogen) atoms. The average molecular weight is 405 g/mol. The molecule has 9 nitrogen and oxygen atoms in total. The van der Waals surface area contributed by atoms with E-state index in [4.69, 9.17) is 14.2 Å². The number of rotatable bonds is 6. The number of aliphatic hydroxyl groups excluding tert-OH is 1. The summed E-state index contributed by atoms with van der Waals surface area (Å²) in [5, 5.41) is 15.2. The quantitative estimate of drug-likeness (QED) is 0.603. The molecule has 1 aromatic rings. The van der Waals surface area contributed by atoms with Gasteiger partial charge in [-0.05, 0) is 12.1 Å². The van der Waals surface area contributed by atoms with E-state index in [1.807, 2.05) is 0 Å². The standard InChI is InChI=1S/C20H27N3O6/c1-27-15-4-2-3-14(11-15)21-20(26)22-17-6-5-16(29-18(17)13-24)12-19(25)23-7-9-28-10-8-23/h2-6,11,16-18,24H,7-10,12-13H2,1H3,(H2,21,22,26)/t16-,17+,18+/m1/s1. The predicted octanol–water partition coefficient (Wildman–Crippen LogP) is 0.750. The smallest absolute Gasteiger partial charge is 0.319 e. The molecule has 2 aliphatic rings. The van der Waals surface area contributed by atoms with Crippen molar-refractivity contribution < 1.29 is 28.9 Å². The number of aliphatic hydroxyl groups is 1. The van der Waals surface area contributed by atoms with Gasteiger partial charge in [0.25, 0.3) is 0 Å². The van der Waals surface area contributed by atoms with Crippen LogP contribution in [-0.2, 0) is 14.3 Å². The van der Waals surface area contributed by atoms with Gasteiger partial charge in [0.2, 0.25) is 5.91 Å². The van der Waals surface area contributed by atoms with Crippen LogP contribution in [0.15, 0.2) is 36.4 Å². The molecule has 3 amide bonds. The van der Waals surface area contributed by atoms with Gasteiger partial charge < -0.3 is 34.9 Å². The van der Waals surface area contributed by atoms with E-state index in [0.717, 1.165) is 0 Å². The molecule has 1 aromatic carbocycles. The molecule has 2 aliphatic heterocycles. The second-order valence-electron chi connectivity index (χ2n) is 6.83. The summed E-state index contributed by atoms with van der Waals surface area (Å²) in [4.78, 5) is 26.4. The van der Waals surface area contributed by atoms with Crippen LogP contribution in [0.5, 0.6) is 5.75 Å². The molecule has 0 aromatic heterocycles. The first-order valence-corrected chi connectivity index (χ1v) is 9.61. The number of hydrogen-bond acceptors (Lipinski definition) is 6. The number of hydrogen-bond donors (Lipinski definition) is 3. The molecule has 1 fully saturated rings. The molecular formula is C20H27N3O6. The second-order valence-corrected chi connectivity index (χ2v) is 6.83. The molecule has 3 N–H and O–H groups in total. The zero-order chi connectivity index (χ0) is 20.6. The molecule has 158 valence electrons. The number of urea groups is 1. The first-order valence-electron chi connectivity index (χ1n) is 9.61. The number of carbonyl (C=O) groups excluding carboxylic acids is 2. The summed E-state index contributed by atoms with van der Waals surface area (Å²) in [5.74, 6) is 0.617. The van der Waals surface area contributed by atoms with Gasteiger partial charge in [0.05, 0.1) is 45.5 Å². The number of nitrogens with zero attached hydrogens (tertiary/aromatic N) is 1. The van der Waals surface area contributed by atoms with Crippen molar-refractivity contribution in [2.24, 2.45) is 0 Å². The molecule has 0 aliphatic carbocycles. The van der Waals surface area contributed by atoms with Crippen LogP contribution in [0.25, 0.3) is 0 Å². The van der Waals surface area contributed by atoms with Crippen LogP contribution in [0.2, 0.25) is 0 Å². The fraction of sp³-hybridized carbons (Fsp3) is 0.500. The number of nitrogens with one attached hydrogen (secondary N) is 2. The van der Waals surface area contributed by atoms with Crippen LogP contribution in [0, 0.1) is 0 Å². The van der Waals surface area contributed by atoms with Crippen molar-refractivity contribution in [1.82, 2.24) is 10.2 Å². The monoisotopic (exact) mass is 405 g/mol. The van der Waals surface area contributed by atoms with Gasteiger partial charge >= 0.3 is 6.03 Å². The Kier molecular flexibility index (Phi) is 7.45. The largest absolute Gasteiger partial charge is 0.497 e. The number of amides is 3. The highest BCUT2D eigenvalue weighted by molar-refractivity contribution is 5.89. The van der Waals surface area contributed by atoms with Crippen molar-refractivity contribution in [1.29, 1.82) is 0 Å². The van der Waals surface area contributed by atoms with E-state index < -0.39 is 24.3 Å². The minimum absolute atomic E-state index is 0.0122. The van der Waals surface area contributed by atoms with Gasteiger partial charge in [-0.1, -0.05) is 18.2 Å². The lowest BCUT2D eigenvalue weighted by atomic mass is 10.0. The normalized spacial score (nSPS) is 24.1. The lowest BCUT2D eigenvalue weighted by Crippen LogP contribution is -2.50. The van der Waals surface area contributed by atoms with Gasteiger partial charge in [-0.3, -0.25) is 4.79 Å². The molecule has 0 saturated carbocycles. The summed E-state index contributed by atoms with van der Waals surface area (Å²) < 4.78 is 16.2. The first kappa shape index (κ1) is 21.1. The summed E-state index contributed by atoms with van der Waals surface area (Å²) in [6.45, 7) is 1.96. The summed E-state index contributed by atoms with van der Waals surface area (Å²) in [5.41, 5.74) is 0.581. The van der Waals surface area contributed by atoms with Crippen molar-refractivity contribution in [2.45, 2.75) is 24.7 Å². The van der Waals surface area contributed by atoms with E-state index in [9.17, 15) is 14.7 Å². The maximum atomic E-state index is 12.4. The fourth-order valence-corrected chi connectivity index (χ4v) is 3.27. The van der Waals surface area contributed by atoms with Gasteiger partial charge in [0.15, 0.2) is 0 Å². The molecule has 0 spiro atoms. The van der Waals surface area contributed by atoms with Crippen LogP contribution >= 0.6 is 0 Å². The third-order valence-corrected chi connectivity index (χ3v) is 4.83. The molecule has 0 unspecified atom stereocenters. The summed E-state index contributed by atoms with van der Waals surface area (Å²) in [7, 11) is 1.55. The van der Waals surface area contributed by atoms with Crippen molar-refractivity contribution in [3.8, 4) is 5.75 Å². The highest BCUT2D eigenvalue weighted by Gasteiger charge is 2.30. The average Bonchev–Trinajstić information content (AvgIpc) is 2.75. The van der Waals surface area contributed by atoms with E-state index in [-0.39, 0.29) is 18.9 Å². The Bertz CT molecular complexity index is 735. The van der Waals surface area contributed by atoms with Gasteiger partial charge in [-0.25, -0.2) is 4.79 Å². The van der Waals surface area contributed by atoms with Crippen LogP contribution in [0.4, 0.5) is 10.5 Å². The molecule has 2 heterocycles. The van der Waals surface area contributed by atoms with Gasteiger partial charge in [0, 0.05) is 24.8 Å². The SMILES string of the molecule is COc1cccc(NC(=O)N[C@H]2C=C[C@H](CC(=O)N3CCOCC3)O[C@H]2CO)c1. The topological polar surface area (TPSA) is 109 Å². The van der Waals surface area contributed by atoms with Crippen molar-refractivity contribution in [3.05, 3.63) is 36.4 Å². The molecule has 0 radical (unpaired) electrons. The number of anilines is 1. The lowest BCUT2D eigenvalue weighted by molar-refractivity contribution is -0.139. The first-order chi connectivity index (χ1) is 14.1. The third kappa shape index (κ3) is 5.93. The van der Waals surface area contributed by atoms with Crippen LogP contribution in [-0.4, -0.2) is 80.2 Å². The van der Waals surface area contributed by atoms with Crippen LogP contribution in [0.3, 0.4) is 0 Å². The second kappa shape index (κ2) is 10.2. The highest BCUT2D eigenvalue weighted by atomic mass is 16.5. The maximum absolute atomic E-state index is 12.4. The van der Waals surface area contributed by atoms with Crippen LogP contribution in [0.1, 0.15) is 6.42 Å². The van der Waals surface area contributed by atoms with Gasteiger partial charge in [0.1, 0.15) is 11.9 Å². The van der Waals surface area contributed by atoms with E-state index in [1.54, 1.807) is 48.4 Å². The Morgan fingerprint density at radius 1 is 1.28 bits per heavy atom.